The van der Waals surface area contributed by atoms with Crippen LogP contribution in [0.5, 0.6) is 0 Å². The molecule has 0 fully saturated rings. The highest BCUT2D eigenvalue weighted by molar-refractivity contribution is 8.07. The average molecular weight is 1370 g/mol. The molecular formula is C64H116O28S. The van der Waals surface area contributed by atoms with Gasteiger partial charge in [-0.25, -0.2) is 0 Å². The number of carbonyl (C=O) groups is 2. The summed E-state index contributed by atoms with van der Waals surface area (Å²) >= 11 is 1.61. The Morgan fingerprint density at radius 2 is 0.441 bits per heavy atom. The van der Waals surface area contributed by atoms with Gasteiger partial charge in [0.2, 0.25) is 0 Å². The first-order valence-corrected chi connectivity index (χ1v) is 33.4. The van der Waals surface area contributed by atoms with Gasteiger partial charge in [0.15, 0.2) is 12.6 Å². The van der Waals surface area contributed by atoms with Gasteiger partial charge in [0.05, 0.1) is 304 Å². The monoisotopic (exact) mass is 1360 g/mol. The summed E-state index contributed by atoms with van der Waals surface area (Å²) in [5, 5.41) is 17.2. The van der Waals surface area contributed by atoms with Crippen molar-refractivity contribution in [1.82, 2.24) is 0 Å². The maximum atomic E-state index is 11.3. The van der Waals surface area contributed by atoms with Gasteiger partial charge < -0.3 is 124 Å². The predicted octanol–water partition coefficient (Wildman–Crippen LogP) is 2.69. The summed E-state index contributed by atoms with van der Waals surface area (Å²) < 4.78 is 131. The zero-order chi connectivity index (χ0) is 66.8. The predicted molar refractivity (Wildman–Crippen MR) is 344 cm³/mol. The van der Waals surface area contributed by atoms with Gasteiger partial charge in [-0.2, -0.15) is 0 Å². The molecule has 2 aliphatic rings. The van der Waals surface area contributed by atoms with E-state index in [9.17, 15) is 9.59 Å². The van der Waals surface area contributed by atoms with Gasteiger partial charge in [-0.05, 0) is 38.2 Å². The SMILES string of the molecule is CCOC1(C=O)C=CC(SC2=CCC(C=O)(OCC)C=C2)=CC1.OCCOCCOCCOCCOCCOCCOCCOCCOCCOCCOCCOCCOCCOCCOCCOCCOCCOCCOCCOCCOCCOCCOCCO. The molecular weight excluding hydrogens is 1250 g/mol. The molecule has 0 aromatic heterocycles. The number of aliphatic hydroxyl groups is 2. The third-order valence-corrected chi connectivity index (χ3v) is 13.1. The van der Waals surface area contributed by atoms with Crippen LogP contribution in [0.25, 0.3) is 0 Å². The molecule has 0 aliphatic heterocycles. The molecule has 0 aromatic carbocycles. The first-order chi connectivity index (χ1) is 46.0. The molecule has 0 saturated heterocycles. The number of hydrogen-bond donors (Lipinski definition) is 2. The van der Waals surface area contributed by atoms with E-state index < -0.39 is 11.2 Å². The molecule has 0 spiro atoms. The number of carbonyl (C=O) groups excluding carboxylic acids is 2. The molecule has 546 valence electrons. The highest BCUT2D eigenvalue weighted by atomic mass is 32.2. The van der Waals surface area contributed by atoms with Crippen molar-refractivity contribution in [3.8, 4) is 0 Å². The molecule has 0 heterocycles. The second kappa shape index (κ2) is 72.4. The van der Waals surface area contributed by atoms with Gasteiger partial charge in [-0.3, -0.25) is 9.59 Å². The van der Waals surface area contributed by atoms with Gasteiger partial charge in [0.1, 0.15) is 11.2 Å². The molecule has 2 rings (SSSR count). The van der Waals surface area contributed by atoms with Gasteiger partial charge in [-0.1, -0.05) is 23.9 Å². The summed E-state index contributed by atoms with van der Waals surface area (Å²) in [5.74, 6) is 0. The minimum atomic E-state index is -0.822. The number of rotatable bonds is 75. The highest BCUT2D eigenvalue weighted by Gasteiger charge is 2.30. The molecule has 0 saturated carbocycles. The summed E-state index contributed by atoms with van der Waals surface area (Å²) in [6.45, 7) is 26.0. The summed E-state index contributed by atoms with van der Waals surface area (Å²) in [6, 6.07) is 0. The van der Waals surface area contributed by atoms with Crippen molar-refractivity contribution in [2.45, 2.75) is 37.9 Å². The quantitative estimate of drug-likeness (QED) is 0.0653. The van der Waals surface area contributed by atoms with Gasteiger partial charge >= 0.3 is 0 Å². The molecule has 0 radical (unpaired) electrons. The maximum Gasteiger partial charge on any atom is 0.156 e. The van der Waals surface area contributed by atoms with E-state index >= 15 is 0 Å². The van der Waals surface area contributed by atoms with Crippen LogP contribution in [0.4, 0.5) is 0 Å². The van der Waals surface area contributed by atoms with Crippen molar-refractivity contribution < 1.29 is 133 Å². The molecule has 28 nitrogen and oxygen atoms in total. The largest absolute Gasteiger partial charge is 0.394 e. The lowest BCUT2D eigenvalue weighted by Crippen LogP contribution is -2.33. The number of hydrogen-bond acceptors (Lipinski definition) is 29. The summed E-state index contributed by atoms with van der Waals surface area (Å²) in [6.07, 6.45) is 14.3. The Morgan fingerprint density at radius 1 is 0.290 bits per heavy atom. The smallest absolute Gasteiger partial charge is 0.156 e. The first-order valence-electron chi connectivity index (χ1n) is 32.6. The van der Waals surface area contributed by atoms with Crippen molar-refractivity contribution in [2.75, 3.05) is 317 Å². The zero-order valence-corrected chi connectivity index (χ0v) is 56.7. The van der Waals surface area contributed by atoms with Crippen molar-refractivity contribution in [2.24, 2.45) is 0 Å². The number of allylic oxidation sites excluding steroid dienone is 2. The van der Waals surface area contributed by atoms with E-state index in [1.807, 2.05) is 50.3 Å². The van der Waals surface area contributed by atoms with Crippen molar-refractivity contribution >= 4 is 24.3 Å². The number of aldehydes is 2. The molecule has 29 heteroatoms. The van der Waals surface area contributed by atoms with Crippen LogP contribution in [0.15, 0.2) is 46.3 Å². The topological polar surface area (TPSA) is 296 Å². The average Bonchev–Trinajstić information content (AvgIpc) is 1.02. The fourth-order valence-electron chi connectivity index (χ4n) is 7.37. The van der Waals surface area contributed by atoms with Crippen LogP contribution in [-0.2, 0) is 123 Å². The van der Waals surface area contributed by atoms with Crippen LogP contribution < -0.4 is 0 Å². The van der Waals surface area contributed by atoms with Crippen molar-refractivity contribution in [1.29, 1.82) is 0 Å². The number of aliphatic hydroxyl groups excluding tert-OH is 2. The molecule has 2 aliphatic carbocycles. The minimum Gasteiger partial charge on any atom is -0.394 e. The lowest BCUT2D eigenvalue weighted by molar-refractivity contribution is -0.125. The Morgan fingerprint density at radius 3 is 0.548 bits per heavy atom. The Labute approximate surface area is 557 Å². The highest BCUT2D eigenvalue weighted by Crippen LogP contribution is 2.36. The third-order valence-electron chi connectivity index (χ3n) is 12.0. The van der Waals surface area contributed by atoms with E-state index in [1.165, 1.54) is 0 Å². The summed E-state index contributed by atoms with van der Waals surface area (Å²) in [4.78, 5) is 24.6. The number of ether oxygens (including phenoxy) is 24. The van der Waals surface area contributed by atoms with Crippen LogP contribution in [0.3, 0.4) is 0 Å². The van der Waals surface area contributed by atoms with Gasteiger partial charge in [0, 0.05) is 35.9 Å². The molecule has 0 amide bonds. The molecule has 2 unspecified atom stereocenters. The Kier molecular flexibility index (Phi) is 68.9. The Balaban J connectivity index is 0.00000155. The number of thioether (sulfide) groups is 1. The minimum absolute atomic E-state index is 0.0184. The molecule has 2 N–H and O–H groups in total. The van der Waals surface area contributed by atoms with Crippen LogP contribution in [0, 0.1) is 0 Å². The molecule has 0 bridgehead atoms. The van der Waals surface area contributed by atoms with E-state index in [2.05, 4.69) is 0 Å². The van der Waals surface area contributed by atoms with Crippen LogP contribution >= 0.6 is 11.8 Å². The Bertz CT molecular complexity index is 1590. The normalized spacial score (nSPS) is 16.2. The molecule has 2 atom stereocenters. The van der Waals surface area contributed by atoms with Gasteiger partial charge in [-0.15, -0.1) is 0 Å². The summed E-state index contributed by atoms with van der Waals surface area (Å²) in [7, 11) is 0. The summed E-state index contributed by atoms with van der Waals surface area (Å²) in [5.41, 5.74) is -1.64. The second-order valence-corrected chi connectivity index (χ2v) is 20.5. The van der Waals surface area contributed by atoms with E-state index in [1.54, 1.807) is 11.8 Å². The van der Waals surface area contributed by atoms with Crippen LogP contribution in [-0.4, -0.2) is 351 Å². The standard InChI is InChI=1S/C46H94O24.C18H22O4S/c47-1-3-49-5-7-51-9-11-53-13-15-55-17-19-57-21-23-59-25-27-61-29-31-63-33-35-65-37-39-67-41-43-69-45-46-70-44-42-68-40-38-66-36-34-64-32-30-62-28-26-60-24-22-58-20-18-56-16-14-54-12-10-52-8-6-50-4-2-48;1-3-21-17(13-19)9-5-15(6-10-17)23-16-7-11-18(14-20,12-8-16)22-4-2/h47-48H,1-46H2;5-9,11,13-14H,3-4,10,12H2,1-2H3. The maximum absolute atomic E-state index is 11.3. The molecule has 0 aromatic rings. The van der Waals surface area contributed by atoms with Crippen LogP contribution in [0.1, 0.15) is 26.7 Å². The van der Waals surface area contributed by atoms with Crippen molar-refractivity contribution in [3.05, 3.63) is 46.3 Å². The van der Waals surface area contributed by atoms with E-state index in [4.69, 9.17) is 124 Å². The third kappa shape index (κ3) is 60.5. The van der Waals surface area contributed by atoms with E-state index in [0.29, 0.717) is 317 Å². The van der Waals surface area contributed by atoms with E-state index in [-0.39, 0.29) is 13.2 Å². The van der Waals surface area contributed by atoms with Gasteiger partial charge in [0.25, 0.3) is 0 Å². The van der Waals surface area contributed by atoms with Crippen molar-refractivity contribution in [3.63, 3.8) is 0 Å². The lowest BCUT2D eigenvalue weighted by Gasteiger charge is -2.27. The lowest BCUT2D eigenvalue weighted by atomic mass is 9.96. The first kappa shape index (κ1) is 88.6. The Hall–Kier alpha value is -2.39. The fraction of sp³-hybridized carbons (Fsp3) is 0.844. The fourth-order valence-corrected chi connectivity index (χ4v) is 8.25. The second-order valence-electron chi connectivity index (χ2n) is 19.3. The van der Waals surface area contributed by atoms with Crippen LogP contribution in [0.2, 0.25) is 0 Å². The zero-order valence-electron chi connectivity index (χ0n) is 55.9. The van der Waals surface area contributed by atoms with E-state index in [0.717, 1.165) is 22.4 Å². The molecule has 93 heavy (non-hydrogen) atoms.